The number of thiophene rings is 1. The Kier molecular flexibility index (Phi) is 5.23. The number of para-hydroxylation sites is 1. The molecule has 2 heterocycles. The number of amides is 1. The van der Waals surface area contributed by atoms with Gasteiger partial charge in [0.05, 0.1) is 21.9 Å². The quantitative estimate of drug-likeness (QED) is 0.517. The molecule has 10 heteroatoms. The molecule has 2 aromatic heterocycles. The summed E-state index contributed by atoms with van der Waals surface area (Å²) in [5.74, 6) is -2.02. The molecular weight excluding hydrogens is 436 g/mol. The van der Waals surface area contributed by atoms with Gasteiger partial charge in [-0.05, 0) is 41.8 Å². The van der Waals surface area contributed by atoms with Gasteiger partial charge in [-0.3, -0.25) is 14.2 Å². The molecule has 30 heavy (non-hydrogen) atoms. The summed E-state index contributed by atoms with van der Waals surface area (Å²) in [6.45, 7) is -0.492. The number of halogens is 3. The summed E-state index contributed by atoms with van der Waals surface area (Å²) in [7, 11) is 0. The molecule has 152 valence electrons. The van der Waals surface area contributed by atoms with Crippen molar-refractivity contribution >= 4 is 44.7 Å². The maximum atomic E-state index is 14.3. The molecule has 1 N–H and O–H groups in total. The molecule has 0 aliphatic carbocycles. The van der Waals surface area contributed by atoms with Crippen LogP contribution in [0.1, 0.15) is 0 Å². The lowest BCUT2D eigenvalue weighted by Crippen LogP contribution is -2.40. The monoisotopic (exact) mass is 447 g/mol. The fourth-order valence-electron chi connectivity index (χ4n) is 3.01. The van der Waals surface area contributed by atoms with Crippen molar-refractivity contribution < 1.29 is 13.6 Å². The Bertz CT molecular complexity index is 1410. The second-order valence-electron chi connectivity index (χ2n) is 6.27. The van der Waals surface area contributed by atoms with Crippen molar-refractivity contribution in [2.75, 3.05) is 5.32 Å². The zero-order valence-corrected chi connectivity index (χ0v) is 16.6. The highest BCUT2D eigenvalue weighted by Gasteiger charge is 2.19. The highest BCUT2D eigenvalue weighted by atomic mass is 35.5. The zero-order valence-electron chi connectivity index (χ0n) is 15.1. The van der Waals surface area contributed by atoms with E-state index in [1.807, 2.05) is 0 Å². The molecule has 0 atom stereocenters. The minimum atomic E-state index is -0.878. The third kappa shape index (κ3) is 3.53. The van der Waals surface area contributed by atoms with E-state index in [0.717, 1.165) is 34.1 Å². The Morgan fingerprint density at radius 3 is 2.63 bits per heavy atom. The van der Waals surface area contributed by atoms with Crippen LogP contribution in [0.5, 0.6) is 0 Å². The van der Waals surface area contributed by atoms with Crippen LogP contribution in [0.25, 0.3) is 15.9 Å². The molecule has 0 radical (unpaired) electrons. The van der Waals surface area contributed by atoms with Crippen molar-refractivity contribution in [1.29, 1.82) is 0 Å². The molecule has 6 nitrogen and oxygen atoms in total. The summed E-state index contributed by atoms with van der Waals surface area (Å²) in [5, 5.41) is 4.15. The summed E-state index contributed by atoms with van der Waals surface area (Å²) < 4.78 is 29.7. The topological polar surface area (TPSA) is 73.1 Å². The largest absolute Gasteiger partial charge is 0.336 e. The Morgan fingerprint density at radius 2 is 1.87 bits per heavy atom. The molecule has 0 fully saturated rings. The maximum absolute atomic E-state index is 14.3. The summed E-state index contributed by atoms with van der Waals surface area (Å²) in [5.41, 5.74) is -1.50. The van der Waals surface area contributed by atoms with E-state index in [0.29, 0.717) is 4.57 Å². The zero-order chi connectivity index (χ0) is 21.4. The SMILES string of the molecule is O=C(Cn1c(=O)n(-c2ccccc2F)c(=O)c2sccc21)Nc1cc(F)ccc1Cl. The van der Waals surface area contributed by atoms with Gasteiger partial charge in [-0.15, -0.1) is 11.3 Å². The van der Waals surface area contributed by atoms with Crippen molar-refractivity contribution in [3.63, 3.8) is 0 Å². The van der Waals surface area contributed by atoms with Gasteiger partial charge in [0.25, 0.3) is 5.56 Å². The smallest absolute Gasteiger partial charge is 0.323 e. The highest BCUT2D eigenvalue weighted by Crippen LogP contribution is 2.23. The molecule has 0 saturated heterocycles. The minimum absolute atomic E-state index is 0.0405. The number of aromatic nitrogens is 2. The Hall–Kier alpha value is -3.30. The number of fused-ring (bicyclic) bond motifs is 1. The van der Waals surface area contributed by atoms with Gasteiger partial charge in [0, 0.05) is 0 Å². The van der Waals surface area contributed by atoms with Crippen LogP contribution in [0.2, 0.25) is 5.02 Å². The highest BCUT2D eigenvalue weighted by molar-refractivity contribution is 7.17. The van der Waals surface area contributed by atoms with Crippen LogP contribution in [0.15, 0.2) is 63.5 Å². The summed E-state index contributed by atoms with van der Waals surface area (Å²) in [6, 6.07) is 10.3. The van der Waals surface area contributed by atoms with Crippen LogP contribution in [0, 0.1) is 11.6 Å². The summed E-state index contributed by atoms with van der Waals surface area (Å²) in [6.07, 6.45) is 0. The minimum Gasteiger partial charge on any atom is -0.323 e. The average molecular weight is 448 g/mol. The molecule has 0 unspecified atom stereocenters. The first kappa shape index (κ1) is 20.0. The van der Waals surface area contributed by atoms with Gasteiger partial charge in [-0.2, -0.15) is 0 Å². The molecule has 1 amide bonds. The summed E-state index contributed by atoms with van der Waals surface area (Å²) in [4.78, 5) is 38.4. The van der Waals surface area contributed by atoms with Gasteiger partial charge in [-0.25, -0.2) is 18.1 Å². The Labute approximate surface area is 176 Å². The molecular formula is C20H12ClF2N3O3S. The van der Waals surface area contributed by atoms with Gasteiger partial charge in [-0.1, -0.05) is 23.7 Å². The molecule has 0 aliphatic rings. The van der Waals surface area contributed by atoms with Crippen molar-refractivity contribution in [1.82, 2.24) is 9.13 Å². The number of nitrogens with zero attached hydrogens (tertiary/aromatic N) is 2. The predicted molar refractivity (Wildman–Crippen MR) is 112 cm³/mol. The Balaban J connectivity index is 1.81. The van der Waals surface area contributed by atoms with E-state index in [9.17, 15) is 23.2 Å². The van der Waals surface area contributed by atoms with Crippen LogP contribution < -0.4 is 16.6 Å². The number of hydrogen-bond acceptors (Lipinski definition) is 4. The van der Waals surface area contributed by atoms with Crippen LogP contribution in [0.4, 0.5) is 14.5 Å². The van der Waals surface area contributed by atoms with Crippen molar-refractivity contribution in [3.8, 4) is 5.69 Å². The normalized spacial score (nSPS) is 11.0. The third-order valence-corrected chi connectivity index (χ3v) is 5.57. The molecule has 0 spiro atoms. The molecule has 4 rings (SSSR count). The number of carbonyl (C=O) groups excluding carboxylic acids is 1. The van der Waals surface area contributed by atoms with E-state index in [1.54, 1.807) is 5.38 Å². The average Bonchev–Trinajstić information content (AvgIpc) is 3.20. The van der Waals surface area contributed by atoms with Gasteiger partial charge >= 0.3 is 5.69 Å². The van der Waals surface area contributed by atoms with Gasteiger partial charge in [0.15, 0.2) is 0 Å². The van der Waals surface area contributed by atoms with Gasteiger partial charge < -0.3 is 5.32 Å². The number of carbonyl (C=O) groups is 1. The first-order chi connectivity index (χ1) is 14.4. The molecule has 0 aliphatic heterocycles. The van der Waals surface area contributed by atoms with E-state index in [2.05, 4.69) is 5.32 Å². The van der Waals surface area contributed by atoms with Crippen molar-refractivity contribution in [2.45, 2.75) is 6.54 Å². The third-order valence-electron chi connectivity index (χ3n) is 4.35. The fraction of sp³-hybridized carbons (Fsp3) is 0.0500. The van der Waals surface area contributed by atoms with Gasteiger partial charge in [0.2, 0.25) is 5.91 Å². The van der Waals surface area contributed by atoms with E-state index in [-0.39, 0.29) is 26.6 Å². The van der Waals surface area contributed by atoms with Crippen molar-refractivity contribution in [2.24, 2.45) is 0 Å². The first-order valence-electron chi connectivity index (χ1n) is 8.59. The predicted octanol–water partition coefficient (Wildman–Crippen LogP) is 3.78. The Morgan fingerprint density at radius 1 is 1.10 bits per heavy atom. The first-order valence-corrected chi connectivity index (χ1v) is 9.85. The van der Waals surface area contributed by atoms with E-state index in [1.165, 1.54) is 30.3 Å². The second kappa shape index (κ2) is 7.85. The van der Waals surface area contributed by atoms with Crippen LogP contribution in [0.3, 0.4) is 0 Å². The number of rotatable bonds is 4. The van der Waals surface area contributed by atoms with Crippen molar-refractivity contribution in [3.05, 3.63) is 91.4 Å². The molecule has 4 aromatic rings. The van der Waals surface area contributed by atoms with Crippen LogP contribution >= 0.6 is 22.9 Å². The van der Waals surface area contributed by atoms with E-state index in [4.69, 9.17) is 11.6 Å². The van der Waals surface area contributed by atoms with Gasteiger partial charge in [0.1, 0.15) is 22.9 Å². The lowest BCUT2D eigenvalue weighted by Gasteiger charge is -2.13. The van der Waals surface area contributed by atoms with E-state index < -0.39 is 35.3 Å². The molecule has 0 bridgehead atoms. The number of anilines is 1. The number of benzene rings is 2. The number of hydrogen-bond donors (Lipinski definition) is 1. The number of nitrogens with one attached hydrogen (secondary N) is 1. The standard InChI is InChI=1S/C20H12ClF2N3O3S/c21-12-6-5-11(22)9-14(12)24-17(27)10-25-16-7-8-30-18(16)19(28)26(20(25)29)15-4-2-1-3-13(15)23/h1-9H,10H2,(H,24,27). The maximum Gasteiger partial charge on any atom is 0.336 e. The fourth-order valence-corrected chi connectivity index (χ4v) is 4.00. The lowest BCUT2D eigenvalue weighted by atomic mass is 10.3. The van der Waals surface area contributed by atoms with Crippen LogP contribution in [-0.4, -0.2) is 15.0 Å². The molecule has 0 saturated carbocycles. The van der Waals surface area contributed by atoms with Crippen LogP contribution in [-0.2, 0) is 11.3 Å². The molecule has 2 aromatic carbocycles. The second-order valence-corrected chi connectivity index (χ2v) is 7.59. The van der Waals surface area contributed by atoms with E-state index >= 15 is 0 Å². The lowest BCUT2D eigenvalue weighted by molar-refractivity contribution is -0.116. The summed E-state index contributed by atoms with van der Waals surface area (Å²) >= 11 is 7.03.